The van der Waals surface area contributed by atoms with E-state index < -0.39 is 0 Å². The maximum absolute atomic E-state index is 12.1. The summed E-state index contributed by atoms with van der Waals surface area (Å²) in [5.74, 6) is 1.49. The summed E-state index contributed by atoms with van der Waals surface area (Å²) in [5, 5.41) is 2.75. The highest BCUT2D eigenvalue weighted by molar-refractivity contribution is 8.00. The van der Waals surface area contributed by atoms with Crippen molar-refractivity contribution < 1.29 is 14.3 Å². The van der Waals surface area contributed by atoms with Crippen LogP contribution in [0.1, 0.15) is 12.5 Å². The van der Waals surface area contributed by atoms with E-state index in [2.05, 4.69) is 17.4 Å². The van der Waals surface area contributed by atoms with Crippen molar-refractivity contribution in [2.75, 3.05) is 20.3 Å². The van der Waals surface area contributed by atoms with E-state index in [9.17, 15) is 4.79 Å². The maximum atomic E-state index is 12.1. The van der Waals surface area contributed by atoms with Crippen LogP contribution in [0.25, 0.3) is 0 Å². The Morgan fingerprint density at radius 3 is 2.58 bits per heavy atom. The molecule has 0 radical (unpaired) electrons. The molecule has 0 spiro atoms. The molecule has 0 saturated heterocycles. The second kappa shape index (κ2) is 9.23. The van der Waals surface area contributed by atoms with E-state index in [1.807, 2.05) is 50.2 Å². The molecule has 0 saturated carbocycles. The zero-order valence-corrected chi connectivity index (χ0v) is 15.1. The molecule has 0 unspecified atom stereocenters. The van der Waals surface area contributed by atoms with Gasteiger partial charge < -0.3 is 14.8 Å². The number of thioether (sulfide) groups is 1. The van der Waals surface area contributed by atoms with E-state index in [1.54, 1.807) is 18.9 Å². The standard InChI is InChI=1S/C19H23NO3S/c1-14-7-9-18(10-8-14)24-15(2)19(21)20-11-12-23-17-6-4-5-16(13-17)22-3/h4-10,13,15H,11-12H2,1-3H3,(H,20,21)/t15-/m1/s1. The van der Waals surface area contributed by atoms with Crippen LogP contribution in [0.4, 0.5) is 0 Å². The Hall–Kier alpha value is -2.14. The van der Waals surface area contributed by atoms with Crippen LogP contribution in [0.2, 0.25) is 0 Å². The Morgan fingerprint density at radius 2 is 1.88 bits per heavy atom. The molecule has 2 aromatic carbocycles. The molecule has 1 amide bonds. The van der Waals surface area contributed by atoms with Gasteiger partial charge >= 0.3 is 0 Å². The highest BCUT2D eigenvalue weighted by Gasteiger charge is 2.13. The van der Waals surface area contributed by atoms with Gasteiger partial charge in [0, 0.05) is 11.0 Å². The fourth-order valence-electron chi connectivity index (χ4n) is 2.05. The third-order valence-corrected chi connectivity index (χ3v) is 4.53. The first kappa shape index (κ1) is 18.2. The van der Waals surface area contributed by atoms with Gasteiger partial charge in [0.25, 0.3) is 0 Å². The van der Waals surface area contributed by atoms with Crippen molar-refractivity contribution in [2.24, 2.45) is 0 Å². The van der Waals surface area contributed by atoms with Crippen LogP contribution < -0.4 is 14.8 Å². The lowest BCUT2D eigenvalue weighted by atomic mass is 10.2. The SMILES string of the molecule is COc1cccc(OCCNC(=O)[C@@H](C)Sc2ccc(C)cc2)c1. The Labute approximate surface area is 147 Å². The Bertz CT molecular complexity index is 658. The number of hydrogen-bond acceptors (Lipinski definition) is 4. The minimum Gasteiger partial charge on any atom is -0.497 e. The first-order valence-corrected chi connectivity index (χ1v) is 8.74. The van der Waals surface area contributed by atoms with Crippen molar-refractivity contribution in [1.82, 2.24) is 5.32 Å². The summed E-state index contributed by atoms with van der Waals surface area (Å²) in [6, 6.07) is 15.6. The molecule has 0 aromatic heterocycles. The zero-order valence-electron chi connectivity index (χ0n) is 14.2. The molecule has 24 heavy (non-hydrogen) atoms. The molecule has 4 nitrogen and oxygen atoms in total. The van der Waals surface area contributed by atoms with E-state index in [1.165, 1.54) is 5.56 Å². The summed E-state index contributed by atoms with van der Waals surface area (Å²) in [7, 11) is 1.62. The van der Waals surface area contributed by atoms with Crippen LogP contribution >= 0.6 is 11.8 Å². The van der Waals surface area contributed by atoms with Crippen LogP contribution in [-0.2, 0) is 4.79 Å². The molecule has 0 heterocycles. The van der Waals surface area contributed by atoms with E-state index in [-0.39, 0.29) is 11.2 Å². The first-order chi connectivity index (χ1) is 11.6. The summed E-state index contributed by atoms with van der Waals surface area (Å²) >= 11 is 1.55. The largest absolute Gasteiger partial charge is 0.497 e. The van der Waals surface area contributed by atoms with Gasteiger partial charge in [0.1, 0.15) is 18.1 Å². The molecule has 2 aromatic rings. The molecule has 2 rings (SSSR count). The van der Waals surface area contributed by atoms with E-state index in [0.29, 0.717) is 13.2 Å². The minimum absolute atomic E-state index is 0.00909. The van der Waals surface area contributed by atoms with Crippen LogP contribution in [0.3, 0.4) is 0 Å². The predicted molar refractivity (Wildman–Crippen MR) is 98.0 cm³/mol. The van der Waals surface area contributed by atoms with E-state index in [0.717, 1.165) is 16.4 Å². The second-order valence-electron chi connectivity index (χ2n) is 5.39. The number of carbonyl (C=O) groups excluding carboxylic acids is 1. The Kier molecular flexibility index (Phi) is 7.00. The van der Waals surface area contributed by atoms with Gasteiger partial charge in [-0.3, -0.25) is 4.79 Å². The number of methoxy groups -OCH3 is 1. The number of hydrogen-bond donors (Lipinski definition) is 1. The van der Waals surface area contributed by atoms with Gasteiger partial charge in [-0.2, -0.15) is 0 Å². The van der Waals surface area contributed by atoms with E-state index in [4.69, 9.17) is 9.47 Å². The van der Waals surface area contributed by atoms with Crippen molar-refractivity contribution in [3.63, 3.8) is 0 Å². The fourth-order valence-corrected chi connectivity index (χ4v) is 2.94. The van der Waals surface area contributed by atoms with Gasteiger partial charge in [-0.1, -0.05) is 23.8 Å². The minimum atomic E-state index is -0.149. The van der Waals surface area contributed by atoms with Crippen molar-refractivity contribution in [3.8, 4) is 11.5 Å². The lowest BCUT2D eigenvalue weighted by Crippen LogP contribution is -2.33. The summed E-state index contributed by atoms with van der Waals surface area (Å²) in [6.45, 7) is 4.84. The average molecular weight is 345 g/mol. The van der Waals surface area contributed by atoms with Gasteiger partial charge in [0.05, 0.1) is 18.9 Å². The number of rotatable bonds is 8. The molecule has 0 aliphatic carbocycles. The van der Waals surface area contributed by atoms with Crippen LogP contribution in [0.5, 0.6) is 11.5 Å². The summed E-state index contributed by atoms with van der Waals surface area (Å²) in [5.41, 5.74) is 1.21. The molecule has 1 atom stereocenters. The molecular weight excluding hydrogens is 322 g/mol. The third kappa shape index (κ3) is 5.81. The van der Waals surface area contributed by atoms with Gasteiger partial charge in [-0.15, -0.1) is 11.8 Å². The molecule has 5 heteroatoms. The highest BCUT2D eigenvalue weighted by Crippen LogP contribution is 2.23. The topological polar surface area (TPSA) is 47.6 Å². The van der Waals surface area contributed by atoms with Gasteiger partial charge in [0.15, 0.2) is 0 Å². The predicted octanol–water partition coefficient (Wildman–Crippen LogP) is 3.68. The van der Waals surface area contributed by atoms with Crippen LogP contribution in [-0.4, -0.2) is 31.4 Å². The van der Waals surface area contributed by atoms with Crippen molar-refractivity contribution in [3.05, 3.63) is 54.1 Å². The average Bonchev–Trinajstić information content (AvgIpc) is 2.60. The van der Waals surface area contributed by atoms with Crippen molar-refractivity contribution in [2.45, 2.75) is 24.0 Å². The highest BCUT2D eigenvalue weighted by atomic mass is 32.2. The molecule has 1 N–H and O–H groups in total. The van der Waals surface area contributed by atoms with Gasteiger partial charge in [-0.05, 0) is 38.1 Å². The van der Waals surface area contributed by atoms with E-state index >= 15 is 0 Å². The molecule has 0 bridgehead atoms. The number of ether oxygens (including phenoxy) is 2. The lowest BCUT2D eigenvalue weighted by molar-refractivity contribution is -0.120. The quantitative estimate of drug-likeness (QED) is 0.586. The molecule has 0 fully saturated rings. The number of aryl methyl sites for hydroxylation is 1. The summed E-state index contributed by atoms with van der Waals surface area (Å²) in [6.07, 6.45) is 0. The Balaban J connectivity index is 1.71. The smallest absolute Gasteiger partial charge is 0.233 e. The second-order valence-corrected chi connectivity index (χ2v) is 6.81. The normalized spacial score (nSPS) is 11.6. The number of carbonyl (C=O) groups is 1. The first-order valence-electron chi connectivity index (χ1n) is 7.86. The Morgan fingerprint density at radius 1 is 1.17 bits per heavy atom. The van der Waals surface area contributed by atoms with Crippen molar-refractivity contribution in [1.29, 1.82) is 0 Å². The molecule has 0 aliphatic heterocycles. The molecular formula is C19H23NO3S. The van der Waals surface area contributed by atoms with Crippen LogP contribution in [0, 0.1) is 6.92 Å². The lowest BCUT2D eigenvalue weighted by Gasteiger charge is -2.13. The third-order valence-electron chi connectivity index (χ3n) is 3.41. The number of benzene rings is 2. The number of amides is 1. The summed E-state index contributed by atoms with van der Waals surface area (Å²) in [4.78, 5) is 13.2. The van der Waals surface area contributed by atoms with Crippen LogP contribution in [0.15, 0.2) is 53.4 Å². The summed E-state index contributed by atoms with van der Waals surface area (Å²) < 4.78 is 10.8. The molecule has 128 valence electrons. The van der Waals surface area contributed by atoms with Gasteiger partial charge in [0.2, 0.25) is 5.91 Å². The van der Waals surface area contributed by atoms with Crippen molar-refractivity contribution >= 4 is 17.7 Å². The van der Waals surface area contributed by atoms with Gasteiger partial charge in [-0.25, -0.2) is 0 Å². The zero-order chi connectivity index (χ0) is 17.4. The monoisotopic (exact) mass is 345 g/mol. The fraction of sp³-hybridized carbons (Fsp3) is 0.316. The number of nitrogens with one attached hydrogen (secondary N) is 1. The molecule has 0 aliphatic rings. The maximum Gasteiger partial charge on any atom is 0.233 e.